The topological polar surface area (TPSA) is 64.0 Å². The summed E-state index contributed by atoms with van der Waals surface area (Å²) in [4.78, 5) is 23.0. The van der Waals surface area contributed by atoms with Gasteiger partial charge in [-0.1, -0.05) is 12.1 Å². The fourth-order valence-corrected chi connectivity index (χ4v) is 2.49. The van der Waals surface area contributed by atoms with Gasteiger partial charge >= 0.3 is 0 Å². The lowest BCUT2D eigenvalue weighted by Crippen LogP contribution is -2.38. The highest BCUT2D eigenvalue weighted by atomic mass is 16.2. The first kappa shape index (κ1) is 11.6. The van der Waals surface area contributed by atoms with E-state index in [1.807, 2.05) is 32.0 Å². The van der Waals surface area contributed by atoms with Gasteiger partial charge in [0.15, 0.2) is 0 Å². The number of rotatable bonds is 1. The normalized spacial score (nSPS) is 18.9. The summed E-state index contributed by atoms with van der Waals surface area (Å²) in [7, 11) is 0. The van der Waals surface area contributed by atoms with Gasteiger partial charge in [-0.15, -0.1) is 0 Å². The summed E-state index contributed by atoms with van der Waals surface area (Å²) in [5.41, 5.74) is 2.90. The molecule has 2 aromatic rings. The molecule has 0 saturated carbocycles. The van der Waals surface area contributed by atoms with E-state index in [2.05, 4.69) is 10.4 Å². The minimum Gasteiger partial charge on any atom is -0.291 e. The van der Waals surface area contributed by atoms with Gasteiger partial charge in [-0.05, 0) is 31.6 Å². The highest BCUT2D eigenvalue weighted by Crippen LogP contribution is 2.25. The van der Waals surface area contributed by atoms with Crippen LogP contribution in [0, 0.1) is 13.8 Å². The maximum Gasteiger partial charge on any atom is 0.255 e. The molecule has 0 radical (unpaired) electrons. The smallest absolute Gasteiger partial charge is 0.255 e. The number of imide groups is 1. The first-order valence-corrected chi connectivity index (χ1v) is 6.05. The van der Waals surface area contributed by atoms with E-state index in [0.29, 0.717) is 0 Å². The Hall–Kier alpha value is -2.43. The van der Waals surface area contributed by atoms with E-state index in [-0.39, 0.29) is 11.8 Å². The van der Waals surface area contributed by atoms with Crippen LogP contribution in [0.15, 0.2) is 30.4 Å². The molecule has 1 unspecified atom stereocenters. The lowest BCUT2D eigenvalue weighted by atomic mass is 10.1. The molecule has 1 N–H and O–H groups in total. The lowest BCUT2D eigenvalue weighted by molar-refractivity contribution is -0.130. The lowest BCUT2D eigenvalue weighted by Gasteiger charge is -2.17. The van der Waals surface area contributed by atoms with E-state index < -0.39 is 6.04 Å². The highest BCUT2D eigenvalue weighted by Gasteiger charge is 2.26. The number of nitrogens with one attached hydrogen (secondary N) is 1. The molecule has 0 saturated heterocycles. The molecular weight excluding hydrogens is 242 g/mol. The van der Waals surface area contributed by atoms with Gasteiger partial charge in [0.1, 0.15) is 6.04 Å². The maximum atomic E-state index is 11.9. The fourth-order valence-electron chi connectivity index (χ4n) is 2.49. The van der Waals surface area contributed by atoms with Crippen LogP contribution in [0.5, 0.6) is 0 Å². The second kappa shape index (κ2) is 4.05. The minimum atomic E-state index is -0.573. The Bertz CT molecular complexity index is 728. The predicted molar refractivity (Wildman–Crippen MR) is 70.5 cm³/mol. The highest BCUT2D eigenvalue weighted by molar-refractivity contribution is 6.06. The third-order valence-corrected chi connectivity index (χ3v) is 3.33. The summed E-state index contributed by atoms with van der Waals surface area (Å²) >= 11 is 0. The zero-order valence-corrected chi connectivity index (χ0v) is 10.7. The Morgan fingerprint density at radius 1 is 1.26 bits per heavy atom. The van der Waals surface area contributed by atoms with Gasteiger partial charge in [-0.2, -0.15) is 5.10 Å². The van der Waals surface area contributed by atoms with Gasteiger partial charge in [-0.3, -0.25) is 14.9 Å². The van der Waals surface area contributed by atoms with Crippen molar-refractivity contribution < 1.29 is 9.59 Å². The second-order valence-electron chi connectivity index (χ2n) is 4.66. The molecule has 0 spiro atoms. The average Bonchev–Trinajstić information content (AvgIpc) is 2.68. The Kier molecular flexibility index (Phi) is 2.48. The van der Waals surface area contributed by atoms with Gasteiger partial charge in [0.25, 0.3) is 5.91 Å². The molecule has 2 heterocycles. The largest absolute Gasteiger partial charge is 0.291 e. The van der Waals surface area contributed by atoms with Crippen LogP contribution in [0.2, 0.25) is 0 Å². The van der Waals surface area contributed by atoms with Crippen molar-refractivity contribution >= 4 is 22.7 Å². The van der Waals surface area contributed by atoms with Crippen LogP contribution in [0.25, 0.3) is 10.9 Å². The first-order valence-electron chi connectivity index (χ1n) is 6.05. The molecule has 1 aromatic heterocycles. The zero-order valence-electron chi connectivity index (χ0n) is 10.7. The number of benzene rings is 1. The molecular formula is C14H13N3O2. The molecule has 96 valence electrons. The van der Waals surface area contributed by atoms with Gasteiger partial charge in [0.2, 0.25) is 5.91 Å². The number of amides is 2. The van der Waals surface area contributed by atoms with Crippen LogP contribution in [0.1, 0.15) is 17.3 Å². The molecule has 5 heteroatoms. The van der Waals surface area contributed by atoms with Crippen LogP contribution in [0.3, 0.4) is 0 Å². The third-order valence-electron chi connectivity index (χ3n) is 3.33. The molecule has 1 atom stereocenters. The number of fused-ring (bicyclic) bond motifs is 1. The molecule has 1 aromatic carbocycles. The summed E-state index contributed by atoms with van der Waals surface area (Å²) in [5.74, 6) is -0.732. The van der Waals surface area contributed by atoms with Gasteiger partial charge in [0.05, 0.1) is 11.2 Å². The van der Waals surface area contributed by atoms with Crippen LogP contribution in [0.4, 0.5) is 0 Å². The summed E-state index contributed by atoms with van der Waals surface area (Å²) in [6.45, 7) is 3.93. The maximum absolute atomic E-state index is 11.9. The predicted octanol–water partition coefficient (Wildman–Crippen LogP) is 1.41. The summed E-state index contributed by atoms with van der Waals surface area (Å²) in [6.07, 6.45) is 2.94. The van der Waals surface area contributed by atoms with Crippen molar-refractivity contribution in [3.8, 4) is 0 Å². The van der Waals surface area contributed by atoms with E-state index in [1.54, 1.807) is 10.8 Å². The van der Waals surface area contributed by atoms with E-state index in [1.165, 1.54) is 6.08 Å². The summed E-state index contributed by atoms with van der Waals surface area (Å²) in [6, 6.07) is 5.31. The van der Waals surface area contributed by atoms with Gasteiger partial charge in [0, 0.05) is 11.5 Å². The van der Waals surface area contributed by atoms with Crippen LogP contribution < -0.4 is 5.32 Å². The monoisotopic (exact) mass is 255 g/mol. The molecule has 0 fully saturated rings. The summed E-state index contributed by atoms with van der Waals surface area (Å²) in [5, 5.41) is 7.79. The number of hydrogen-bond acceptors (Lipinski definition) is 3. The Labute approximate surface area is 109 Å². The molecule has 0 aliphatic carbocycles. The number of nitrogens with zero attached hydrogens (tertiary/aromatic N) is 2. The van der Waals surface area contributed by atoms with Crippen molar-refractivity contribution in [1.82, 2.24) is 15.1 Å². The third kappa shape index (κ3) is 1.74. The SMILES string of the molecule is Cc1cccc2c1c(C)nn2C1C=CC(=O)NC1=O. The van der Waals surface area contributed by atoms with Crippen molar-refractivity contribution in [2.45, 2.75) is 19.9 Å². The van der Waals surface area contributed by atoms with Gasteiger partial charge < -0.3 is 0 Å². The standard InChI is InChI=1S/C14H13N3O2/c1-8-4-3-5-10-13(8)9(2)16-17(10)11-6-7-12(18)15-14(11)19/h3-7,11H,1-2H3,(H,15,18,19). The summed E-state index contributed by atoms with van der Waals surface area (Å²) < 4.78 is 1.66. The van der Waals surface area contributed by atoms with Crippen LogP contribution >= 0.6 is 0 Å². The van der Waals surface area contributed by atoms with Crippen LogP contribution in [-0.2, 0) is 9.59 Å². The van der Waals surface area contributed by atoms with Crippen molar-refractivity contribution in [3.63, 3.8) is 0 Å². The molecule has 1 aliphatic heterocycles. The number of hydrogen-bond donors (Lipinski definition) is 1. The molecule has 1 aliphatic rings. The first-order chi connectivity index (χ1) is 9.08. The average molecular weight is 255 g/mol. The molecule has 19 heavy (non-hydrogen) atoms. The van der Waals surface area contributed by atoms with Crippen molar-refractivity contribution in [2.24, 2.45) is 0 Å². The Morgan fingerprint density at radius 3 is 2.79 bits per heavy atom. The Morgan fingerprint density at radius 2 is 2.05 bits per heavy atom. The fraction of sp³-hybridized carbons (Fsp3) is 0.214. The van der Waals surface area contributed by atoms with Crippen molar-refractivity contribution in [3.05, 3.63) is 41.6 Å². The van der Waals surface area contributed by atoms with Crippen molar-refractivity contribution in [1.29, 1.82) is 0 Å². The second-order valence-corrected chi connectivity index (χ2v) is 4.66. The molecule has 3 rings (SSSR count). The van der Waals surface area contributed by atoms with E-state index in [9.17, 15) is 9.59 Å². The quantitative estimate of drug-likeness (QED) is 0.783. The van der Waals surface area contributed by atoms with Gasteiger partial charge in [-0.25, -0.2) is 4.68 Å². The molecule has 0 bridgehead atoms. The number of carbonyl (C=O) groups excluding carboxylic acids is 2. The van der Waals surface area contributed by atoms with E-state index >= 15 is 0 Å². The molecule has 2 amide bonds. The minimum absolute atomic E-state index is 0.349. The van der Waals surface area contributed by atoms with E-state index in [4.69, 9.17) is 0 Å². The van der Waals surface area contributed by atoms with E-state index in [0.717, 1.165) is 22.2 Å². The zero-order chi connectivity index (χ0) is 13.6. The number of aromatic nitrogens is 2. The number of carbonyl (C=O) groups is 2. The number of aryl methyl sites for hydroxylation is 2. The molecule has 5 nitrogen and oxygen atoms in total. The van der Waals surface area contributed by atoms with Crippen molar-refractivity contribution in [2.75, 3.05) is 0 Å². The Balaban J connectivity index is 2.22. The van der Waals surface area contributed by atoms with Crippen LogP contribution in [-0.4, -0.2) is 21.6 Å².